The van der Waals surface area contributed by atoms with Crippen LogP contribution < -0.4 is 0 Å². The SMILES string of the molecule is CCCCCCCCCC(=O)O.[I][Cu][I]. The maximum absolute atomic E-state index is 10.1. The second-order valence-electron chi connectivity index (χ2n) is 3.31. The molecule has 0 heterocycles. The van der Waals surface area contributed by atoms with E-state index in [-0.39, 0.29) is 0 Å². The molecule has 97 valence electrons. The Morgan fingerprint density at radius 2 is 1.47 bits per heavy atom. The van der Waals surface area contributed by atoms with E-state index in [0.717, 1.165) is 12.8 Å². The van der Waals surface area contributed by atoms with Crippen LogP contribution in [-0.2, 0) is 13.3 Å². The Labute approximate surface area is 122 Å². The van der Waals surface area contributed by atoms with Crippen molar-refractivity contribution in [2.75, 3.05) is 0 Å². The molecule has 5 heteroatoms. The zero-order valence-corrected chi connectivity index (χ0v) is 14.3. The molecule has 0 aliphatic heterocycles. The average molecular weight is 490 g/mol. The third-order valence-electron chi connectivity index (χ3n) is 1.99. The Hall–Kier alpha value is 1.45. The number of carboxylic acid groups (broad SMARTS) is 1. The molecule has 0 aromatic heterocycles. The predicted octanol–water partition coefficient (Wildman–Crippen LogP) is 4.98. The van der Waals surface area contributed by atoms with E-state index >= 15 is 0 Å². The maximum atomic E-state index is 10.1. The Bertz CT molecular complexity index is 135. The van der Waals surface area contributed by atoms with Crippen molar-refractivity contribution in [3.8, 4) is 0 Å². The number of carboxylic acids is 1. The van der Waals surface area contributed by atoms with Gasteiger partial charge < -0.3 is 5.11 Å². The first-order chi connectivity index (χ1) is 7.18. The number of carbonyl (C=O) groups is 1. The van der Waals surface area contributed by atoms with Gasteiger partial charge in [0.2, 0.25) is 0 Å². The topological polar surface area (TPSA) is 37.3 Å². The van der Waals surface area contributed by atoms with Crippen LogP contribution in [0, 0.1) is 0 Å². The molecule has 0 aromatic carbocycles. The molecule has 0 atom stereocenters. The van der Waals surface area contributed by atoms with E-state index in [2.05, 4.69) is 47.6 Å². The van der Waals surface area contributed by atoms with E-state index in [0.29, 0.717) is 6.42 Å². The molecule has 0 saturated carbocycles. The summed E-state index contributed by atoms with van der Waals surface area (Å²) in [5.41, 5.74) is 0. The van der Waals surface area contributed by atoms with Crippen LogP contribution in [0.25, 0.3) is 0 Å². The summed E-state index contributed by atoms with van der Waals surface area (Å²) in [6, 6.07) is 0. The van der Waals surface area contributed by atoms with Gasteiger partial charge in [0.1, 0.15) is 0 Å². The fourth-order valence-electron chi connectivity index (χ4n) is 1.23. The molecule has 0 aliphatic carbocycles. The number of rotatable bonds is 8. The molecule has 2 nitrogen and oxygen atoms in total. The summed E-state index contributed by atoms with van der Waals surface area (Å²) in [7, 11) is 1.75. The third kappa shape index (κ3) is 25.6. The van der Waals surface area contributed by atoms with Crippen molar-refractivity contribution in [3.05, 3.63) is 0 Å². The quantitative estimate of drug-likeness (QED) is 0.297. The molecule has 0 rings (SSSR count). The summed E-state index contributed by atoms with van der Waals surface area (Å²) < 4.78 is 0. The van der Waals surface area contributed by atoms with Gasteiger partial charge >= 0.3 is 55.1 Å². The zero-order chi connectivity index (χ0) is 11.9. The number of unbranched alkanes of at least 4 members (excludes halogenated alkanes) is 6. The molecule has 0 aliphatic rings. The average Bonchev–Trinajstić information content (AvgIpc) is 2.17. The van der Waals surface area contributed by atoms with Crippen LogP contribution in [0.3, 0.4) is 0 Å². The summed E-state index contributed by atoms with van der Waals surface area (Å²) in [4.78, 5) is 10.1. The summed E-state index contributed by atoms with van der Waals surface area (Å²) in [5, 5.41) is 8.35. The van der Waals surface area contributed by atoms with Crippen LogP contribution in [0.15, 0.2) is 0 Å². The summed E-state index contributed by atoms with van der Waals surface area (Å²) in [5.74, 6) is -0.663. The summed E-state index contributed by atoms with van der Waals surface area (Å²) in [6.07, 6.45) is 8.64. The number of hydrogen-bond donors (Lipinski definition) is 1. The van der Waals surface area contributed by atoms with Gasteiger partial charge in [-0.05, 0) is 6.42 Å². The standard InChI is InChI=1S/C10H20O2.Cu.2HI/c1-2-3-4-5-6-7-8-9-10(11)12;;;/h2-9H2,1H3,(H,11,12);;2*1H/q;+2;;/p-2. The van der Waals surface area contributed by atoms with Crippen LogP contribution >= 0.6 is 40.7 Å². The van der Waals surface area contributed by atoms with E-state index in [9.17, 15) is 4.79 Å². The second kappa shape index (κ2) is 17.8. The molecule has 0 amide bonds. The van der Waals surface area contributed by atoms with E-state index in [1.165, 1.54) is 32.1 Å². The van der Waals surface area contributed by atoms with Crippen molar-refractivity contribution in [1.82, 2.24) is 0 Å². The van der Waals surface area contributed by atoms with E-state index in [4.69, 9.17) is 5.11 Å². The van der Waals surface area contributed by atoms with Gasteiger partial charge in [-0.25, -0.2) is 0 Å². The minimum atomic E-state index is -0.663. The fraction of sp³-hybridized carbons (Fsp3) is 0.900. The summed E-state index contributed by atoms with van der Waals surface area (Å²) >= 11 is 4.36. The number of halogens is 2. The number of aliphatic carboxylic acids is 1. The molecule has 0 fully saturated rings. The van der Waals surface area contributed by atoms with Crippen LogP contribution in [0.5, 0.6) is 0 Å². The van der Waals surface area contributed by atoms with Crippen LogP contribution in [-0.4, -0.2) is 11.1 Å². The molecule has 0 aromatic rings. The van der Waals surface area contributed by atoms with Crippen LogP contribution in [0.2, 0.25) is 0 Å². The number of hydrogen-bond acceptors (Lipinski definition) is 1. The Balaban J connectivity index is 0. The van der Waals surface area contributed by atoms with Gasteiger partial charge in [0.15, 0.2) is 0 Å². The first-order valence-electron chi connectivity index (χ1n) is 5.22. The second-order valence-corrected chi connectivity index (χ2v) is 11.3. The first-order valence-corrected chi connectivity index (χ1v) is 11.3. The van der Waals surface area contributed by atoms with E-state index in [1.807, 2.05) is 0 Å². The van der Waals surface area contributed by atoms with E-state index < -0.39 is 5.97 Å². The third-order valence-corrected chi connectivity index (χ3v) is 1.99. The molecule has 1 N–H and O–H groups in total. The van der Waals surface area contributed by atoms with Crippen LogP contribution in [0.1, 0.15) is 58.3 Å². The van der Waals surface area contributed by atoms with Crippen LogP contribution in [0.4, 0.5) is 0 Å². The van der Waals surface area contributed by atoms with Crippen molar-refractivity contribution in [3.63, 3.8) is 0 Å². The monoisotopic (exact) mass is 489 g/mol. The van der Waals surface area contributed by atoms with Crippen molar-refractivity contribution >= 4 is 46.7 Å². The Morgan fingerprint density at radius 1 is 1.07 bits per heavy atom. The molecule has 15 heavy (non-hydrogen) atoms. The molecule has 0 radical (unpaired) electrons. The van der Waals surface area contributed by atoms with Gasteiger partial charge in [-0.15, -0.1) is 0 Å². The van der Waals surface area contributed by atoms with Gasteiger partial charge in [-0.3, -0.25) is 4.79 Å². The normalized spacial score (nSPS) is 9.53. The minimum absolute atomic E-state index is 0.341. The van der Waals surface area contributed by atoms with Crippen molar-refractivity contribution < 1.29 is 18.4 Å². The predicted molar refractivity (Wildman–Crippen MR) is 78.3 cm³/mol. The molecule has 0 bridgehead atoms. The van der Waals surface area contributed by atoms with Crippen molar-refractivity contribution in [2.45, 2.75) is 58.3 Å². The molecule has 0 unspecified atom stereocenters. The fourth-order valence-corrected chi connectivity index (χ4v) is 1.23. The molecular weight excluding hydrogens is 469 g/mol. The van der Waals surface area contributed by atoms with Crippen molar-refractivity contribution in [1.29, 1.82) is 0 Å². The van der Waals surface area contributed by atoms with Gasteiger partial charge in [0.05, 0.1) is 0 Å². The van der Waals surface area contributed by atoms with Gasteiger partial charge in [-0.2, -0.15) is 0 Å². The molecule has 0 saturated heterocycles. The van der Waals surface area contributed by atoms with Gasteiger partial charge in [0.25, 0.3) is 0 Å². The Kier molecular flexibility index (Phi) is 22.4. The summed E-state index contributed by atoms with van der Waals surface area (Å²) in [6.45, 7) is 2.20. The van der Waals surface area contributed by atoms with Crippen molar-refractivity contribution in [2.24, 2.45) is 0 Å². The van der Waals surface area contributed by atoms with Gasteiger partial charge in [0, 0.05) is 6.42 Å². The molecule has 0 spiro atoms. The molecular formula is C10H20CuI2O2. The zero-order valence-electron chi connectivity index (χ0n) is 9.07. The Morgan fingerprint density at radius 3 is 1.87 bits per heavy atom. The van der Waals surface area contributed by atoms with E-state index in [1.54, 1.807) is 8.46 Å². The first kappa shape index (κ1) is 18.8. The van der Waals surface area contributed by atoms with Gasteiger partial charge in [-0.1, -0.05) is 45.4 Å².